The first-order valence-electron chi connectivity index (χ1n) is 21.0. The molecule has 0 amide bonds. The first-order chi connectivity index (χ1) is 21.3. The summed E-state index contributed by atoms with van der Waals surface area (Å²) in [4.78, 5) is 0. The number of hydrogen-bond acceptors (Lipinski definition) is 0. The average Bonchev–Trinajstić information content (AvgIpc) is 2.99. The van der Waals surface area contributed by atoms with Gasteiger partial charge in [-0.3, -0.25) is 8.97 Å². The van der Waals surface area contributed by atoms with Gasteiger partial charge in [-0.05, 0) is 32.1 Å². The molecule has 0 radical (unpaired) electrons. The third-order valence-electron chi connectivity index (χ3n) is 10.9. The quantitative estimate of drug-likeness (QED) is 0.0344. The standard InChI is InChI=1S/C42H90N2.2BrH/c1-8-11-14-16-18-20-22-24-26-28-30-32-34-37-40-43(4,5)42(39-36-13-10-3)44(6,7)41-38-35-33-31-29-27-25-23-21-19-17-15-12-9-2;;/h42H,8-41H2,1-7H3;2*1H/q+2;;/p-2. The van der Waals surface area contributed by atoms with Gasteiger partial charge in [0, 0.05) is 0 Å². The zero-order valence-corrected chi connectivity index (χ0v) is 36.4. The molecular weight excluding hydrogens is 692 g/mol. The highest BCUT2D eigenvalue weighted by Crippen LogP contribution is 2.25. The molecule has 0 unspecified atom stereocenters. The van der Waals surface area contributed by atoms with E-state index in [9.17, 15) is 0 Å². The Labute approximate surface area is 315 Å². The van der Waals surface area contributed by atoms with Crippen LogP contribution < -0.4 is 34.0 Å². The highest BCUT2D eigenvalue weighted by Gasteiger charge is 2.40. The van der Waals surface area contributed by atoms with Crippen LogP contribution >= 0.6 is 0 Å². The van der Waals surface area contributed by atoms with Crippen LogP contribution in [-0.2, 0) is 0 Å². The van der Waals surface area contributed by atoms with Crippen molar-refractivity contribution in [3.8, 4) is 0 Å². The van der Waals surface area contributed by atoms with Crippen molar-refractivity contribution in [1.29, 1.82) is 0 Å². The van der Waals surface area contributed by atoms with E-state index >= 15 is 0 Å². The van der Waals surface area contributed by atoms with E-state index in [1.165, 1.54) is 228 Å². The van der Waals surface area contributed by atoms with E-state index in [1.807, 2.05) is 0 Å². The summed E-state index contributed by atoms with van der Waals surface area (Å²) in [6, 6.07) is 0. The molecule has 0 spiro atoms. The summed E-state index contributed by atoms with van der Waals surface area (Å²) in [5, 5.41) is 0. The van der Waals surface area contributed by atoms with Crippen LogP contribution in [0.15, 0.2) is 0 Å². The van der Waals surface area contributed by atoms with Crippen LogP contribution in [0.3, 0.4) is 0 Å². The molecule has 0 rings (SSSR count). The zero-order chi connectivity index (χ0) is 32.6. The molecule has 0 saturated carbocycles. The minimum atomic E-state index is 0. The lowest BCUT2D eigenvalue weighted by molar-refractivity contribution is -1.10. The smallest absolute Gasteiger partial charge is 0.215 e. The van der Waals surface area contributed by atoms with Crippen LogP contribution in [0, 0.1) is 0 Å². The van der Waals surface area contributed by atoms with Crippen LogP contribution in [-0.4, -0.2) is 56.4 Å². The fourth-order valence-electron chi connectivity index (χ4n) is 7.85. The fraction of sp³-hybridized carbons (Fsp3) is 1.00. The molecular formula is C42H90Br2N2. The Hall–Kier alpha value is 0.880. The van der Waals surface area contributed by atoms with Crippen molar-refractivity contribution in [3.05, 3.63) is 0 Å². The molecule has 0 atom stereocenters. The molecule has 0 aliphatic rings. The van der Waals surface area contributed by atoms with Gasteiger partial charge in [0.15, 0.2) is 0 Å². The first kappa shape index (κ1) is 51.3. The molecule has 0 aliphatic heterocycles. The lowest BCUT2D eigenvalue weighted by Gasteiger charge is -2.47. The molecule has 0 aromatic heterocycles. The van der Waals surface area contributed by atoms with Crippen molar-refractivity contribution >= 4 is 0 Å². The van der Waals surface area contributed by atoms with Crippen LogP contribution in [0.4, 0.5) is 0 Å². The molecule has 0 fully saturated rings. The van der Waals surface area contributed by atoms with E-state index < -0.39 is 0 Å². The van der Waals surface area contributed by atoms with Gasteiger partial charge in [-0.15, -0.1) is 0 Å². The maximum absolute atomic E-state index is 2.56. The largest absolute Gasteiger partial charge is 1.00 e. The molecule has 0 N–H and O–H groups in total. The van der Waals surface area contributed by atoms with Crippen LogP contribution in [0.2, 0.25) is 0 Å². The Morgan fingerprint density at radius 2 is 0.478 bits per heavy atom. The molecule has 2 nitrogen and oxygen atoms in total. The SMILES string of the molecule is CCCCCCCCCCCCCCCC[N+](C)(C)C(CCCCC)[N+](C)(C)CCCCCCCCCCCCCCCC.[Br-].[Br-]. The monoisotopic (exact) mass is 781 g/mol. The second kappa shape index (κ2) is 37.1. The van der Waals surface area contributed by atoms with Crippen molar-refractivity contribution < 1.29 is 42.9 Å². The predicted molar refractivity (Wildman–Crippen MR) is 203 cm³/mol. The van der Waals surface area contributed by atoms with E-state index in [-0.39, 0.29) is 34.0 Å². The maximum Gasteiger partial charge on any atom is 0.215 e. The minimum Gasteiger partial charge on any atom is -1.00 e. The van der Waals surface area contributed by atoms with E-state index in [0.717, 1.165) is 6.17 Å². The highest BCUT2D eigenvalue weighted by molar-refractivity contribution is 4.55. The second-order valence-electron chi connectivity index (χ2n) is 16.2. The Morgan fingerprint density at radius 1 is 0.283 bits per heavy atom. The summed E-state index contributed by atoms with van der Waals surface area (Å²) in [5.74, 6) is 0. The van der Waals surface area contributed by atoms with Crippen LogP contribution in [0.5, 0.6) is 0 Å². The van der Waals surface area contributed by atoms with Crippen molar-refractivity contribution in [2.75, 3.05) is 41.3 Å². The summed E-state index contributed by atoms with van der Waals surface area (Å²) in [6.45, 7) is 9.70. The second-order valence-corrected chi connectivity index (χ2v) is 16.2. The average molecular weight is 783 g/mol. The molecule has 282 valence electrons. The molecule has 0 aromatic rings. The lowest BCUT2D eigenvalue weighted by atomic mass is 10.0. The molecule has 0 saturated heterocycles. The molecule has 0 aliphatic carbocycles. The summed E-state index contributed by atoms with van der Waals surface area (Å²) < 4.78 is 2.43. The van der Waals surface area contributed by atoms with Crippen molar-refractivity contribution in [1.82, 2.24) is 0 Å². The van der Waals surface area contributed by atoms with Gasteiger partial charge in [0.25, 0.3) is 0 Å². The van der Waals surface area contributed by atoms with Gasteiger partial charge >= 0.3 is 0 Å². The lowest BCUT2D eigenvalue weighted by Crippen LogP contribution is -3.00. The van der Waals surface area contributed by atoms with E-state index in [4.69, 9.17) is 0 Å². The maximum atomic E-state index is 2.56. The van der Waals surface area contributed by atoms with E-state index in [1.54, 1.807) is 0 Å². The van der Waals surface area contributed by atoms with E-state index in [2.05, 4.69) is 49.0 Å². The molecule has 46 heavy (non-hydrogen) atoms. The predicted octanol–water partition coefficient (Wildman–Crippen LogP) is 8.02. The number of unbranched alkanes of at least 4 members (excludes halogenated alkanes) is 28. The normalized spacial score (nSPS) is 12.0. The molecule has 0 heterocycles. The number of halogens is 2. The Balaban J connectivity index is -0.00000924. The van der Waals surface area contributed by atoms with Crippen molar-refractivity contribution in [3.63, 3.8) is 0 Å². The Kier molecular flexibility index (Phi) is 41.4. The van der Waals surface area contributed by atoms with Crippen molar-refractivity contribution in [2.24, 2.45) is 0 Å². The third-order valence-corrected chi connectivity index (χ3v) is 10.9. The first-order valence-corrected chi connectivity index (χ1v) is 21.0. The minimum absolute atomic E-state index is 0. The molecule has 0 aromatic carbocycles. The van der Waals surface area contributed by atoms with Gasteiger partial charge in [-0.1, -0.05) is 188 Å². The van der Waals surface area contributed by atoms with Crippen LogP contribution in [0.25, 0.3) is 0 Å². The van der Waals surface area contributed by atoms with Gasteiger partial charge in [0.05, 0.1) is 47.7 Å². The molecule has 4 heteroatoms. The van der Waals surface area contributed by atoms with Crippen molar-refractivity contribution in [2.45, 2.75) is 232 Å². The van der Waals surface area contributed by atoms with Gasteiger partial charge in [-0.25, -0.2) is 0 Å². The topological polar surface area (TPSA) is 0 Å². The number of nitrogens with zero attached hydrogens (tertiary/aromatic N) is 2. The van der Waals surface area contributed by atoms with Gasteiger partial charge in [0.2, 0.25) is 6.17 Å². The Bertz CT molecular complexity index is 522. The zero-order valence-electron chi connectivity index (χ0n) is 33.3. The van der Waals surface area contributed by atoms with Gasteiger partial charge in [0.1, 0.15) is 0 Å². The Morgan fingerprint density at radius 3 is 0.717 bits per heavy atom. The summed E-state index contributed by atoms with van der Waals surface area (Å²) in [7, 11) is 10.2. The number of quaternary nitrogens is 2. The van der Waals surface area contributed by atoms with Gasteiger partial charge in [-0.2, -0.15) is 0 Å². The number of hydrogen-bond donors (Lipinski definition) is 0. The fourth-order valence-corrected chi connectivity index (χ4v) is 7.85. The van der Waals surface area contributed by atoms with Crippen LogP contribution in [0.1, 0.15) is 226 Å². The summed E-state index contributed by atoms with van der Waals surface area (Å²) in [5.41, 5.74) is 0. The highest BCUT2D eigenvalue weighted by atomic mass is 79.9. The van der Waals surface area contributed by atoms with Gasteiger partial charge < -0.3 is 34.0 Å². The van der Waals surface area contributed by atoms with E-state index in [0.29, 0.717) is 0 Å². The third kappa shape index (κ3) is 32.1. The number of rotatable bonds is 36. The summed E-state index contributed by atoms with van der Waals surface area (Å²) in [6.07, 6.45) is 47.0. The molecule has 0 bridgehead atoms. The summed E-state index contributed by atoms with van der Waals surface area (Å²) >= 11 is 0.